The quantitative estimate of drug-likeness (QED) is 0.740. The SMILES string of the molecule is O=S1(=O)CCC(OC2CCC(S(=O)(=O)c3ccccc3C(F)(F)F)C2)CC1. The molecule has 2 fully saturated rings. The molecule has 1 aliphatic carbocycles. The van der Waals surface area contributed by atoms with Crippen molar-refractivity contribution in [2.75, 3.05) is 11.5 Å². The first-order valence-corrected chi connectivity index (χ1v) is 12.1. The molecule has 1 aromatic carbocycles. The van der Waals surface area contributed by atoms with Gasteiger partial charge in [0.05, 0.1) is 39.4 Å². The molecule has 0 aromatic heterocycles. The molecule has 1 heterocycles. The van der Waals surface area contributed by atoms with E-state index in [1.165, 1.54) is 12.1 Å². The Morgan fingerprint density at radius 2 is 1.59 bits per heavy atom. The summed E-state index contributed by atoms with van der Waals surface area (Å²) in [6, 6.07) is 4.23. The van der Waals surface area contributed by atoms with Gasteiger partial charge in [0.25, 0.3) is 0 Å². The molecule has 0 spiro atoms. The molecular weight excluding hydrogens is 405 g/mol. The summed E-state index contributed by atoms with van der Waals surface area (Å²) in [5.41, 5.74) is -1.15. The molecule has 152 valence electrons. The lowest BCUT2D eigenvalue weighted by atomic mass is 10.2. The average Bonchev–Trinajstić information content (AvgIpc) is 3.05. The van der Waals surface area contributed by atoms with Gasteiger partial charge in [-0.2, -0.15) is 13.2 Å². The normalized spacial score (nSPS) is 26.9. The zero-order chi connectivity index (χ0) is 19.9. The first-order valence-electron chi connectivity index (χ1n) is 8.75. The second-order valence-electron chi connectivity index (χ2n) is 7.08. The summed E-state index contributed by atoms with van der Waals surface area (Å²) in [6.45, 7) is 0. The molecule has 2 atom stereocenters. The van der Waals surface area contributed by atoms with Crippen molar-refractivity contribution in [1.82, 2.24) is 0 Å². The van der Waals surface area contributed by atoms with E-state index in [-0.39, 0.29) is 36.6 Å². The maximum atomic E-state index is 13.2. The molecule has 3 rings (SSSR count). The summed E-state index contributed by atoms with van der Waals surface area (Å²) in [4.78, 5) is -0.688. The van der Waals surface area contributed by atoms with Crippen LogP contribution in [0.25, 0.3) is 0 Å². The van der Waals surface area contributed by atoms with Crippen molar-refractivity contribution in [3.05, 3.63) is 29.8 Å². The van der Waals surface area contributed by atoms with E-state index in [1.807, 2.05) is 0 Å². The third kappa shape index (κ3) is 4.65. The van der Waals surface area contributed by atoms with Gasteiger partial charge in [-0.15, -0.1) is 0 Å². The summed E-state index contributed by atoms with van der Waals surface area (Å²) in [6.07, 6.45) is -3.86. The molecular formula is C17H21F3O5S2. The van der Waals surface area contributed by atoms with Crippen LogP contribution >= 0.6 is 0 Å². The van der Waals surface area contributed by atoms with E-state index >= 15 is 0 Å². The Bertz CT molecular complexity index is 879. The number of sulfone groups is 2. The Balaban J connectivity index is 1.70. The maximum Gasteiger partial charge on any atom is 0.417 e. The van der Waals surface area contributed by atoms with Gasteiger partial charge in [0.1, 0.15) is 0 Å². The Hall–Kier alpha value is -1.13. The van der Waals surface area contributed by atoms with Gasteiger partial charge in [-0.1, -0.05) is 12.1 Å². The minimum Gasteiger partial charge on any atom is -0.375 e. The zero-order valence-electron chi connectivity index (χ0n) is 14.5. The van der Waals surface area contributed by atoms with Crippen molar-refractivity contribution in [3.63, 3.8) is 0 Å². The largest absolute Gasteiger partial charge is 0.417 e. The van der Waals surface area contributed by atoms with Crippen LogP contribution in [0.4, 0.5) is 13.2 Å². The van der Waals surface area contributed by atoms with Crippen LogP contribution in [0.2, 0.25) is 0 Å². The number of benzene rings is 1. The number of hydrogen-bond acceptors (Lipinski definition) is 5. The number of alkyl halides is 3. The lowest BCUT2D eigenvalue weighted by Crippen LogP contribution is -2.31. The molecule has 1 saturated carbocycles. The fourth-order valence-electron chi connectivity index (χ4n) is 3.71. The molecule has 5 nitrogen and oxygen atoms in total. The second kappa shape index (κ2) is 7.36. The number of rotatable bonds is 4. The number of hydrogen-bond donors (Lipinski definition) is 0. The van der Waals surface area contributed by atoms with Crippen molar-refractivity contribution < 1.29 is 34.7 Å². The highest BCUT2D eigenvalue weighted by molar-refractivity contribution is 7.92. The highest BCUT2D eigenvalue weighted by Gasteiger charge is 2.42. The van der Waals surface area contributed by atoms with Crippen LogP contribution in [-0.4, -0.2) is 45.8 Å². The van der Waals surface area contributed by atoms with Crippen LogP contribution in [0, 0.1) is 0 Å². The molecule has 0 bridgehead atoms. The zero-order valence-corrected chi connectivity index (χ0v) is 16.1. The predicted octanol–water partition coefficient (Wildman–Crippen LogP) is 2.99. The average molecular weight is 426 g/mol. The Kier molecular flexibility index (Phi) is 5.62. The molecule has 1 aliphatic heterocycles. The number of ether oxygens (including phenoxy) is 1. The van der Waals surface area contributed by atoms with E-state index < -0.39 is 41.6 Å². The highest BCUT2D eigenvalue weighted by atomic mass is 32.2. The van der Waals surface area contributed by atoms with E-state index in [9.17, 15) is 30.0 Å². The van der Waals surface area contributed by atoms with Crippen molar-refractivity contribution in [2.45, 2.75) is 60.6 Å². The van der Waals surface area contributed by atoms with Crippen LogP contribution in [0.5, 0.6) is 0 Å². The van der Waals surface area contributed by atoms with Gasteiger partial charge in [-0.05, 0) is 44.2 Å². The van der Waals surface area contributed by atoms with E-state index in [0.29, 0.717) is 19.3 Å². The lowest BCUT2D eigenvalue weighted by molar-refractivity contribution is -0.139. The molecule has 1 aromatic rings. The highest BCUT2D eigenvalue weighted by Crippen LogP contribution is 2.39. The van der Waals surface area contributed by atoms with Crippen molar-refractivity contribution in [1.29, 1.82) is 0 Å². The summed E-state index contributed by atoms with van der Waals surface area (Å²) in [5, 5.41) is -0.932. The van der Waals surface area contributed by atoms with Gasteiger partial charge < -0.3 is 4.74 Å². The Morgan fingerprint density at radius 1 is 0.963 bits per heavy atom. The fourth-order valence-corrected chi connectivity index (χ4v) is 7.19. The van der Waals surface area contributed by atoms with Gasteiger partial charge >= 0.3 is 6.18 Å². The molecule has 0 radical (unpaired) electrons. The van der Waals surface area contributed by atoms with Crippen molar-refractivity contribution >= 4 is 19.7 Å². The smallest absolute Gasteiger partial charge is 0.375 e. The molecule has 1 saturated heterocycles. The van der Waals surface area contributed by atoms with E-state index in [4.69, 9.17) is 4.74 Å². The summed E-state index contributed by atoms with van der Waals surface area (Å²) in [5.74, 6) is 0.0934. The minimum absolute atomic E-state index is 0.0467. The Morgan fingerprint density at radius 3 is 2.22 bits per heavy atom. The molecule has 0 N–H and O–H groups in total. The van der Waals surface area contributed by atoms with Gasteiger partial charge in [-0.25, -0.2) is 16.8 Å². The van der Waals surface area contributed by atoms with Gasteiger partial charge in [-0.3, -0.25) is 0 Å². The van der Waals surface area contributed by atoms with Crippen LogP contribution < -0.4 is 0 Å². The first kappa shape index (κ1) is 20.6. The van der Waals surface area contributed by atoms with Gasteiger partial charge in [0.15, 0.2) is 19.7 Å². The van der Waals surface area contributed by atoms with Crippen LogP contribution in [0.3, 0.4) is 0 Å². The van der Waals surface area contributed by atoms with Crippen LogP contribution in [-0.2, 0) is 30.6 Å². The molecule has 2 unspecified atom stereocenters. The summed E-state index contributed by atoms with van der Waals surface area (Å²) in [7, 11) is -7.16. The third-order valence-corrected chi connectivity index (χ3v) is 9.15. The standard InChI is InChI=1S/C17H21F3O5S2/c18-17(19,20)15-3-1-2-4-16(15)27(23,24)14-6-5-13(11-14)25-12-7-9-26(21,22)10-8-12/h1-4,12-14H,5-11H2. The van der Waals surface area contributed by atoms with Crippen LogP contribution in [0.15, 0.2) is 29.2 Å². The maximum absolute atomic E-state index is 13.2. The Labute approximate surface area is 156 Å². The van der Waals surface area contributed by atoms with E-state index in [1.54, 1.807) is 0 Å². The summed E-state index contributed by atoms with van der Waals surface area (Å²) >= 11 is 0. The van der Waals surface area contributed by atoms with E-state index in [2.05, 4.69) is 0 Å². The predicted molar refractivity (Wildman–Crippen MR) is 92.8 cm³/mol. The molecule has 0 amide bonds. The summed E-state index contributed by atoms with van der Waals surface area (Å²) < 4.78 is 93.9. The fraction of sp³-hybridized carbons (Fsp3) is 0.647. The van der Waals surface area contributed by atoms with Crippen molar-refractivity contribution in [3.8, 4) is 0 Å². The minimum atomic E-state index is -4.74. The molecule has 27 heavy (non-hydrogen) atoms. The third-order valence-electron chi connectivity index (χ3n) is 5.16. The van der Waals surface area contributed by atoms with Gasteiger partial charge in [0.2, 0.25) is 0 Å². The molecule has 10 heteroatoms. The monoisotopic (exact) mass is 426 g/mol. The lowest BCUT2D eigenvalue weighted by Gasteiger charge is -2.25. The van der Waals surface area contributed by atoms with Crippen molar-refractivity contribution in [2.24, 2.45) is 0 Å². The van der Waals surface area contributed by atoms with Crippen LogP contribution in [0.1, 0.15) is 37.7 Å². The molecule has 2 aliphatic rings. The number of halogens is 3. The van der Waals surface area contributed by atoms with E-state index in [0.717, 1.165) is 12.1 Å². The van der Waals surface area contributed by atoms with Gasteiger partial charge in [0, 0.05) is 0 Å². The first-order chi connectivity index (χ1) is 12.5. The topological polar surface area (TPSA) is 77.5 Å². The second-order valence-corrected chi connectivity index (χ2v) is 11.6.